The fraction of sp³-hybridized carbons (Fsp3) is 0.438. The standard InChI is InChI=1S/C16H15F6NO2S/c1-10(24)8-26-9-14(25,16(20,21)22)5-4-11-2-3-12(7-23)13(6-11)15(17,18)19/h2-6,10,24-25H,8-9H2,1H3/b5-4+. The van der Waals surface area contributed by atoms with Crippen molar-refractivity contribution in [3.63, 3.8) is 0 Å². The summed E-state index contributed by atoms with van der Waals surface area (Å²) >= 11 is 0.649. The maximum atomic E-state index is 13.1. The minimum Gasteiger partial charge on any atom is -0.393 e. The van der Waals surface area contributed by atoms with Gasteiger partial charge in [0.1, 0.15) is 0 Å². The van der Waals surface area contributed by atoms with Gasteiger partial charge in [-0.25, -0.2) is 0 Å². The van der Waals surface area contributed by atoms with Crippen molar-refractivity contribution in [1.29, 1.82) is 5.26 Å². The SMILES string of the molecule is CC(O)CSCC(O)(/C=C/c1ccc(C#N)c(C(F)(F)F)c1)C(F)(F)F. The average Bonchev–Trinajstić information content (AvgIpc) is 2.50. The van der Waals surface area contributed by atoms with Gasteiger partial charge < -0.3 is 10.2 Å². The van der Waals surface area contributed by atoms with Crippen molar-refractivity contribution < 1.29 is 36.6 Å². The molecule has 0 saturated carbocycles. The van der Waals surface area contributed by atoms with Gasteiger partial charge in [-0.15, -0.1) is 0 Å². The summed E-state index contributed by atoms with van der Waals surface area (Å²) in [5.74, 6) is -0.887. The summed E-state index contributed by atoms with van der Waals surface area (Å²) in [5.41, 5.74) is -5.47. The molecule has 2 unspecified atom stereocenters. The van der Waals surface area contributed by atoms with Gasteiger partial charge in [0.15, 0.2) is 5.60 Å². The molecule has 1 rings (SSSR count). The van der Waals surface area contributed by atoms with Crippen LogP contribution in [-0.2, 0) is 6.18 Å². The zero-order valence-corrected chi connectivity index (χ0v) is 14.2. The minimum absolute atomic E-state index is 0.0542. The predicted molar refractivity (Wildman–Crippen MR) is 85.2 cm³/mol. The molecule has 0 aliphatic heterocycles. The van der Waals surface area contributed by atoms with E-state index >= 15 is 0 Å². The fourth-order valence-electron chi connectivity index (χ4n) is 1.84. The second-order valence-electron chi connectivity index (χ2n) is 5.53. The Bertz CT molecular complexity index is 693. The molecule has 0 amide bonds. The van der Waals surface area contributed by atoms with Gasteiger partial charge in [0.2, 0.25) is 0 Å². The molecule has 1 aromatic rings. The Kier molecular flexibility index (Phi) is 7.16. The second kappa shape index (κ2) is 8.33. The van der Waals surface area contributed by atoms with E-state index in [1.54, 1.807) is 0 Å². The molecule has 0 aliphatic rings. The first-order valence-corrected chi connectivity index (χ1v) is 8.31. The smallest absolute Gasteiger partial charge is 0.393 e. The van der Waals surface area contributed by atoms with Gasteiger partial charge in [-0.3, -0.25) is 0 Å². The number of nitrogens with zero attached hydrogens (tertiary/aromatic N) is 1. The van der Waals surface area contributed by atoms with Gasteiger partial charge >= 0.3 is 12.4 Å². The van der Waals surface area contributed by atoms with E-state index in [4.69, 9.17) is 10.4 Å². The first kappa shape index (κ1) is 22.3. The van der Waals surface area contributed by atoms with E-state index in [1.165, 1.54) is 13.0 Å². The van der Waals surface area contributed by atoms with E-state index < -0.39 is 40.9 Å². The van der Waals surface area contributed by atoms with Crippen molar-refractivity contribution in [3.8, 4) is 6.07 Å². The van der Waals surface area contributed by atoms with Crippen molar-refractivity contribution >= 4 is 17.8 Å². The molecule has 1 aromatic carbocycles. The van der Waals surface area contributed by atoms with E-state index in [1.807, 2.05) is 0 Å². The number of hydrogen-bond acceptors (Lipinski definition) is 4. The van der Waals surface area contributed by atoms with Crippen LogP contribution in [0.3, 0.4) is 0 Å². The Morgan fingerprint density at radius 3 is 2.31 bits per heavy atom. The van der Waals surface area contributed by atoms with Crippen molar-refractivity contribution in [2.45, 2.75) is 31.0 Å². The number of aliphatic hydroxyl groups excluding tert-OH is 1. The molecule has 3 nitrogen and oxygen atoms in total. The molecular weight excluding hydrogens is 384 g/mol. The van der Waals surface area contributed by atoms with E-state index in [0.29, 0.717) is 30.0 Å². The lowest BCUT2D eigenvalue weighted by Crippen LogP contribution is -2.45. The highest BCUT2D eigenvalue weighted by Crippen LogP contribution is 2.36. The first-order valence-electron chi connectivity index (χ1n) is 7.15. The molecular formula is C16H15F6NO2S. The summed E-state index contributed by atoms with van der Waals surface area (Å²) in [6, 6.07) is 3.79. The van der Waals surface area contributed by atoms with Gasteiger partial charge in [-0.1, -0.05) is 12.1 Å². The minimum atomic E-state index is -5.06. The number of rotatable bonds is 6. The lowest BCUT2D eigenvalue weighted by molar-refractivity contribution is -0.230. The van der Waals surface area contributed by atoms with Gasteiger partial charge in [0.05, 0.1) is 23.3 Å². The number of hydrogen-bond donors (Lipinski definition) is 2. The van der Waals surface area contributed by atoms with Crippen LogP contribution in [0.5, 0.6) is 0 Å². The molecule has 0 aromatic heterocycles. The Hall–Kier alpha value is -1.70. The summed E-state index contributed by atoms with van der Waals surface area (Å²) in [5, 5.41) is 27.6. The van der Waals surface area contributed by atoms with Crippen LogP contribution in [-0.4, -0.2) is 39.6 Å². The third-order valence-electron chi connectivity index (χ3n) is 3.19. The highest BCUT2D eigenvalue weighted by molar-refractivity contribution is 7.99. The molecule has 0 saturated heterocycles. The predicted octanol–water partition coefficient (Wildman–Crippen LogP) is 4.00. The number of aliphatic hydroxyl groups is 2. The lowest BCUT2D eigenvalue weighted by atomic mass is 10.0. The summed E-state index contributed by atoms with van der Waals surface area (Å²) in [4.78, 5) is 0. The molecule has 2 atom stereocenters. The Balaban J connectivity index is 3.16. The summed E-state index contributed by atoms with van der Waals surface area (Å²) in [6.07, 6.45) is -9.71. The van der Waals surface area contributed by atoms with Crippen LogP contribution in [0.15, 0.2) is 24.3 Å². The van der Waals surface area contributed by atoms with Gasteiger partial charge in [-0.05, 0) is 30.7 Å². The molecule has 0 spiro atoms. The molecule has 0 bridgehead atoms. The summed E-state index contributed by atoms with van der Waals surface area (Å²) in [6.45, 7) is 1.37. The van der Waals surface area contributed by atoms with Crippen LogP contribution >= 0.6 is 11.8 Å². The molecule has 26 heavy (non-hydrogen) atoms. The number of thioether (sulfide) groups is 1. The van der Waals surface area contributed by atoms with Crippen LogP contribution in [0, 0.1) is 11.3 Å². The number of benzene rings is 1. The Labute approximate surface area is 149 Å². The molecule has 10 heteroatoms. The van der Waals surface area contributed by atoms with Gasteiger partial charge in [0, 0.05) is 11.5 Å². The largest absolute Gasteiger partial charge is 0.421 e. The zero-order chi connectivity index (χ0) is 20.2. The maximum absolute atomic E-state index is 13.1. The third kappa shape index (κ3) is 5.93. The Morgan fingerprint density at radius 2 is 1.85 bits per heavy atom. The van der Waals surface area contributed by atoms with Gasteiger partial charge in [-0.2, -0.15) is 43.4 Å². The van der Waals surface area contributed by atoms with Crippen LogP contribution in [0.2, 0.25) is 0 Å². The average molecular weight is 399 g/mol. The van der Waals surface area contributed by atoms with Crippen LogP contribution in [0.25, 0.3) is 6.08 Å². The lowest BCUT2D eigenvalue weighted by Gasteiger charge is -2.27. The molecule has 2 N–H and O–H groups in total. The zero-order valence-electron chi connectivity index (χ0n) is 13.4. The van der Waals surface area contributed by atoms with Crippen LogP contribution in [0.1, 0.15) is 23.6 Å². The van der Waals surface area contributed by atoms with E-state index in [2.05, 4.69) is 0 Å². The van der Waals surface area contributed by atoms with Crippen molar-refractivity contribution in [2.24, 2.45) is 0 Å². The molecule has 0 heterocycles. The van der Waals surface area contributed by atoms with Crippen molar-refractivity contribution in [3.05, 3.63) is 41.0 Å². The molecule has 0 fully saturated rings. The monoisotopic (exact) mass is 399 g/mol. The first-order chi connectivity index (χ1) is 11.8. The molecule has 144 valence electrons. The van der Waals surface area contributed by atoms with Gasteiger partial charge in [0.25, 0.3) is 0 Å². The van der Waals surface area contributed by atoms with Crippen LogP contribution < -0.4 is 0 Å². The summed E-state index contributed by atoms with van der Waals surface area (Å²) in [7, 11) is 0. The second-order valence-corrected chi connectivity index (χ2v) is 6.56. The third-order valence-corrected chi connectivity index (χ3v) is 4.56. The summed E-state index contributed by atoms with van der Waals surface area (Å²) < 4.78 is 78.0. The maximum Gasteiger partial charge on any atom is 0.421 e. The quantitative estimate of drug-likeness (QED) is 0.710. The highest BCUT2D eigenvalue weighted by atomic mass is 32.2. The number of nitriles is 1. The van der Waals surface area contributed by atoms with E-state index in [-0.39, 0.29) is 11.3 Å². The van der Waals surface area contributed by atoms with E-state index in [0.717, 1.165) is 12.1 Å². The normalized spacial score (nSPS) is 16.3. The topological polar surface area (TPSA) is 64.2 Å². The van der Waals surface area contributed by atoms with E-state index in [9.17, 15) is 31.4 Å². The van der Waals surface area contributed by atoms with Crippen molar-refractivity contribution in [1.82, 2.24) is 0 Å². The molecule has 0 radical (unpaired) electrons. The number of alkyl halides is 6. The Morgan fingerprint density at radius 1 is 1.23 bits per heavy atom. The van der Waals surface area contributed by atoms with Crippen LogP contribution in [0.4, 0.5) is 26.3 Å². The molecule has 0 aliphatic carbocycles. The number of halogens is 6. The fourth-order valence-corrected chi connectivity index (χ4v) is 2.87. The van der Waals surface area contributed by atoms with Crippen molar-refractivity contribution in [2.75, 3.05) is 11.5 Å². The highest BCUT2D eigenvalue weighted by Gasteiger charge is 2.51.